The van der Waals surface area contributed by atoms with Gasteiger partial charge in [0.15, 0.2) is 0 Å². The molecule has 0 aliphatic heterocycles. The Morgan fingerprint density at radius 3 is 2.25 bits per heavy atom. The number of para-hydroxylation sites is 1. The molecule has 0 amide bonds. The summed E-state index contributed by atoms with van der Waals surface area (Å²) in [6.45, 7) is 1.15. The van der Waals surface area contributed by atoms with Gasteiger partial charge in [0.25, 0.3) is 0 Å². The van der Waals surface area contributed by atoms with Crippen molar-refractivity contribution in [1.82, 2.24) is 14.7 Å². The summed E-state index contributed by atoms with van der Waals surface area (Å²) in [4.78, 5) is 8.96. The molecule has 4 N–H and O–H groups in total. The molecule has 0 bridgehead atoms. The summed E-state index contributed by atoms with van der Waals surface area (Å²) in [5, 5.41) is 4.14. The minimum Gasteiger partial charge on any atom is -0.383 e. The molecule has 2 aromatic carbocycles. The molecule has 1 fully saturated rings. The fourth-order valence-electron chi connectivity index (χ4n) is 3.98. The number of anilines is 2. The third-order valence-electron chi connectivity index (χ3n) is 5.83. The van der Waals surface area contributed by atoms with Crippen LogP contribution < -0.4 is 15.8 Å². The molecule has 1 heterocycles. The van der Waals surface area contributed by atoms with Crippen LogP contribution in [0.25, 0.3) is 10.9 Å². The fourth-order valence-corrected chi connectivity index (χ4v) is 5.10. The van der Waals surface area contributed by atoms with Crippen molar-refractivity contribution < 1.29 is 12.8 Å². The van der Waals surface area contributed by atoms with Crippen LogP contribution in [0.5, 0.6) is 0 Å². The first-order valence-electron chi connectivity index (χ1n) is 10.4. The predicted molar refractivity (Wildman–Crippen MR) is 127 cm³/mol. The van der Waals surface area contributed by atoms with Gasteiger partial charge in [0.2, 0.25) is 16.0 Å². The van der Waals surface area contributed by atoms with Gasteiger partial charge in [-0.1, -0.05) is 12.1 Å². The number of nitrogens with two attached hydrogens (primary N) is 1. The van der Waals surface area contributed by atoms with E-state index in [2.05, 4.69) is 20.0 Å². The molecule has 0 unspecified atom stereocenters. The summed E-state index contributed by atoms with van der Waals surface area (Å²) in [5.74, 6) is 1.30. The summed E-state index contributed by atoms with van der Waals surface area (Å²) < 4.78 is 40.4. The Balaban J connectivity index is 0.00000289. The van der Waals surface area contributed by atoms with Crippen LogP contribution in [-0.2, 0) is 10.0 Å². The quantitative estimate of drug-likeness (QED) is 0.473. The first-order valence-corrected chi connectivity index (χ1v) is 11.9. The van der Waals surface area contributed by atoms with Gasteiger partial charge in [0.1, 0.15) is 11.6 Å². The average molecular weight is 480 g/mol. The second-order valence-electron chi connectivity index (χ2n) is 8.02. The number of hydrogen-bond acceptors (Lipinski definition) is 6. The van der Waals surface area contributed by atoms with Gasteiger partial charge in [-0.15, -0.1) is 12.4 Å². The van der Waals surface area contributed by atoms with Crippen LogP contribution in [0, 0.1) is 17.7 Å². The third-order valence-corrected chi connectivity index (χ3v) is 7.27. The van der Waals surface area contributed by atoms with Crippen molar-refractivity contribution in [3.05, 3.63) is 54.3 Å². The number of rotatable bonds is 7. The van der Waals surface area contributed by atoms with E-state index in [1.54, 1.807) is 0 Å². The molecule has 1 aliphatic rings. The third kappa shape index (κ3) is 5.85. The van der Waals surface area contributed by atoms with Gasteiger partial charge in [-0.2, -0.15) is 4.98 Å². The highest BCUT2D eigenvalue weighted by atomic mass is 35.5. The van der Waals surface area contributed by atoms with E-state index in [1.807, 2.05) is 24.3 Å². The first kappa shape index (κ1) is 24.2. The Bertz CT molecular complexity index is 1150. The van der Waals surface area contributed by atoms with E-state index >= 15 is 0 Å². The molecule has 4 rings (SSSR count). The van der Waals surface area contributed by atoms with Crippen molar-refractivity contribution in [2.75, 3.05) is 24.1 Å². The molecule has 0 atom stereocenters. The zero-order valence-corrected chi connectivity index (χ0v) is 19.1. The van der Waals surface area contributed by atoms with Crippen LogP contribution in [0.1, 0.15) is 25.7 Å². The van der Waals surface area contributed by atoms with E-state index in [4.69, 9.17) is 5.73 Å². The second-order valence-corrected chi connectivity index (χ2v) is 9.79. The minimum atomic E-state index is -3.62. The first-order chi connectivity index (χ1) is 14.9. The number of fused-ring (bicyclic) bond motifs is 1. The Morgan fingerprint density at radius 1 is 0.938 bits per heavy atom. The number of aromatic nitrogens is 2. The predicted octanol–water partition coefficient (Wildman–Crippen LogP) is 3.97. The smallest absolute Gasteiger partial charge is 0.240 e. The monoisotopic (exact) mass is 479 g/mol. The van der Waals surface area contributed by atoms with Crippen molar-refractivity contribution in [2.24, 2.45) is 11.8 Å². The maximum absolute atomic E-state index is 13.0. The van der Waals surface area contributed by atoms with E-state index in [0.29, 0.717) is 30.1 Å². The molecule has 0 spiro atoms. The van der Waals surface area contributed by atoms with Crippen molar-refractivity contribution in [2.45, 2.75) is 30.6 Å². The number of nitrogens with zero attached hydrogens (tertiary/aromatic N) is 2. The Hall–Kier alpha value is -2.49. The second kappa shape index (κ2) is 10.4. The number of hydrogen-bond donors (Lipinski definition) is 3. The molecular weight excluding hydrogens is 453 g/mol. The molecule has 10 heteroatoms. The molecule has 32 heavy (non-hydrogen) atoms. The van der Waals surface area contributed by atoms with Crippen molar-refractivity contribution >= 4 is 45.1 Å². The molecule has 1 aliphatic carbocycles. The minimum absolute atomic E-state index is 0. The van der Waals surface area contributed by atoms with Crippen LogP contribution in [-0.4, -0.2) is 31.5 Å². The topological polar surface area (TPSA) is 110 Å². The number of halogens is 2. The maximum atomic E-state index is 13.0. The molecule has 3 aromatic rings. The Kier molecular flexibility index (Phi) is 7.86. The lowest BCUT2D eigenvalue weighted by atomic mass is 9.82. The van der Waals surface area contributed by atoms with Gasteiger partial charge in [0.05, 0.1) is 10.4 Å². The molecule has 7 nitrogen and oxygen atoms in total. The molecule has 1 saturated carbocycles. The van der Waals surface area contributed by atoms with Crippen LogP contribution in [0.4, 0.5) is 16.2 Å². The van der Waals surface area contributed by atoms with Gasteiger partial charge >= 0.3 is 0 Å². The van der Waals surface area contributed by atoms with E-state index in [0.717, 1.165) is 55.3 Å². The summed E-state index contributed by atoms with van der Waals surface area (Å²) in [7, 11) is -3.62. The van der Waals surface area contributed by atoms with E-state index in [9.17, 15) is 12.8 Å². The Morgan fingerprint density at radius 2 is 1.56 bits per heavy atom. The summed E-state index contributed by atoms with van der Waals surface area (Å²) in [6.07, 6.45) is 3.88. The van der Waals surface area contributed by atoms with E-state index in [1.165, 1.54) is 12.1 Å². The van der Waals surface area contributed by atoms with E-state index < -0.39 is 15.8 Å². The normalized spacial score (nSPS) is 18.8. The van der Waals surface area contributed by atoms with Gasteiger partial charge in [0, 0.05) is 18.5 Å². The van der Waals surface area contributed by atoms with Crippen LogP contribution >= 0.6 is 12.4 Å². The van der Waals surface area contributed by atoms with Crippen molar-refractivity contribution in [1.29, 1.82) is 0 Å². The molecule has 0 saturated heterocycles. The van der Waals surface area contributed by atoms with Crippen LogP contribution in [0.2, 0.25) is 0 Å². The number of sulfonamides is 1. The molecule has 172 valence electrons. The fraction of sp³-hybridized carbons (Fsp3) is 0.364. The SMILES string of the molecule is Cl.Nc1nc(NC[C@H]2CC[C@H](CNS(=O)(=O)c3ccc(F)cc3)CC2)nc2ccccc12. The summed E-state index contributed by atoms with van der Waals surface area (Å²) in [5.41, 5.74) is 6.85. The van der Waals surface area contributed by atoms with E-state index in [-0.39, 0.29) is 17.3 Å². The maximum Gasteiger partial charge on any atom is 0.240 e. The molecular formula is C22H27ClFN5O2S. The van der Waals surface area contributed by atoms with Crippen molar-refractivity contribution in [3.63, 3.8) is 0 Å². The number of nitrogen functional groups attached to an aromatic ring is 1. The number of nitrogens with one attached hydrogen (secondary N) is 2. The highest BCUT2D eigenvalue weighted by Gasteiger charge is 2.23. The van der Waals surface area contributed by atoms with Gasteiger partial charge in [-0.25, -0.2) is 22.5 Å². The van der Waals surface area contributed by atoms with Gasteiger partial charge in [-0.3, -0.25) is 0 Å². The largest absolute Gasteiger partial charge is 0.383 e. The number of benzene rings is 2. The summed E-state index contributed by atoms with van der Waals surface area (Å²) >= 11 is 0. The summed E-state index contributed by atoms with van der Waals surface area (Å²) in [6, 6.07) is 12.5. The zero-order valence-electron chi connectivity index (χ0n) is 17.5. The lowest BCUT2D eigenvalue weighted by Gasteiger charge is -2.28. The molecule has 0 radical (unpaired) electrons. The van der Waals surface area contributed by atoms with Gasteiger partial charge < -0.3 is 11.1 Å². The van der Waals surface area contributed by atoms with Crippen molar-refractivity contribution in [3.8, 4) is 0 Å². The Labute approximate surface area is 193 Å². The standard InChI is InChI=1S/C22H26FN5O2S.ClH/c23-17-9-11-18(12-10-17)31(29,30)26-14-16-7-5-15(6-8-16)13-25-22-27-20-4-2-1-3-19(20)21(24)28-22;/h1-4,9-12,15-16,26H,5-8,13-14H2,(H3,24,25,27,28);1H/t15-,16-;. The zero-order chi connectivity index (χ0) is 21.8. The lowest BCUT2D eigenvalue weighted by Crippen LogP contribution is -2.32. The highest BCUT2D eigenvalue weighted by Crippen LogP contribution is 2.29. The van der Waals surface area contributed by atoms with Crippen LogP contribution in [0.15, 0.2) is 53.4 Å². The highest BCUT2D eigenvalue weighted by molar-refractivity contribution is 7.89. The average Bonchev–Trinajstić information content (AvgIpc) is 2.77. The van der Waals surface area contributed by atoms with Gasteiger partial charge in [-0.05, 0) is 73.9 Å². The van der Waals surface area contributed by atoms with Crippen LogP contribution in [0.3, 0.4) is 0 Å². The molecule has 1 aromatic heterocycles. The lowest BCUT2D eigenvalue weighted by molar-refractivity contribution is 0.284.